The summed E-state index contributed by atoms with van der Waals surface area (Å²) in [4.78, 5) is 0. The summed E-state index contributed by atoms with van der Waals surface area (Å²) in [6, 6.07) is 33.9. The molecule has 0 unspecified atom stereocenters. The molecule has 0 saturated carbocycles. The third kappa shape index (κ3) is 2.98. The summed E-state index contributed by atoms with van der Waals surface area (Å²) in [5.74, 6) is 0.248. The minimum absolute atomic E-state index is 0.248. The van der Waals surface area contributed by atoms with Gasteiger partial charge >= 0.3 is 0 Å². The van der Waals surface area contributed by atoms with Gasteiger partial charge in [-0.1, -0.05) is 121 Å². The van der Waals surface area contributed by atoms with Crippen LogP contribution in [0.25, 0.3) is 11.1 Å². The molecule has 2 aliphatic carbocycles. The molecule has 0 heterocycles. The van der Waals surface area contributed by atoms with Gasteiger partial charge in [-0.3, -0.25) is 0 Å². The maximum Gasteiger partial charge on any atom is 0.0554 e. The van der Waals surface area contributed by atoms with Crippen molar-refractivity contribution < 1.29 is 0 Å². The van der Waals surface area contributed by atoms with Gasteiger partial charge in [-0.05, 0) is 64.8 Å². The summed E-state index contributed by atoms with van der Waals surface area (Å²) in [6.45, 7) is 4.49. The van der Waals surface area contributed by atoms with Crippen LogP contribution < -0.4 is 0 Å². The maximum atomic E-state index is 2.38. The summed E-state index contributed by atoms with van der Waals surface area (Å²) in [6.07, 6.45) is 10.2. The van der Waals surface area contributed by atoms with Crippen LogP contribution in [-0.2, 0) is 11.8 Å². The molecule has 2 aliphatic rings. The Morgan fingerprint density at radius 2 is 1.27 bits per heavy atom. The van der Waals surface area contributed by atoms with E-state index in [9.17, 15) is 0 Å². The molecule has 160 valence electrons. The molecule has 0 bridgehead atoms. The number of rotatable bonds is 4. The van der Waals surface area contributed by atoms with Gasteiger partial charge in [0.1, 0.15) is 0 Å². The number of benzene rings is 4. The Morgan fingerprint density at radius 3 is 1.91 bits per heavy atom. The molecular weight excluding hydrogens is 396 g/mol. The second-order valence-electron chi connectivity index (χ2n) is 9.46. The zero-order valence-corrected chi connectivity index (χ0v) is 19.3. The molecule has 4 aromatic rings. The molecule has 0 amide bonds. The first-order valence-electron chi connectivity index (χ1n) is 11.9. The van der Waals surface area contributed by atoms with E-state index in [1.165, 1.54) is 50.1 Å². The lowest BCUT2D eigenvalue weighted by Gasteiger charge is -2.42. The van der Waals surface area contributed by atoms with Crippen LogP contribution in [0.3, 0.4) is 0 Å². The lowest BCUT2D eigenvalue weighted by Crippen LogP contribution is -2.37. The molecule has 33 heavy (non-hydrogen) atoms. The Bertz CT molecular complexity index is 1340. The van der Waals surface area contributed by atoms with Gasteiger partial charge < -0.3 is 0 Å². The molecule has 4 aromatic carbocycles. The van der Waals surface area contributed by atoms with Crippen LogP contribution in [0.2, 0.25) is 0 Å². The first kappa shape index (κ1) is 20.0. The molecule has 0 aromatic heterocycles. The van der Waals surface area contributed by atoms with Crippen LogP contribution in [-0.4, -0.2) is 0 Å². The minimum Gasteiger partial charge on any atom is -0.0761 e. The maximum absolute atomic E-state index is 2.38. The lowest BCUT2D eigenvalue weighted by molar-refractivity contribution is 0.522. The lowest BCUT2D eigenvalue weighted by atomic mass is 9.59. The van der Waals surface area contributed by atoms with E-state index in [1.807, 2.05) is 0 Å². The Kier molecular flexibility index (Phi) is 4.69. The molecule has 0 aliphatic heterocycles. The van der Waals surface area contributed by atoms with E-state index in [1.54, 1.807) is 0 Å². The molecule has 0 atom stereocenters. The van der Waals surface area contributed by atoms with Gasteiger partial charge in [0, 0.05) is 5.92 Å². The van der Waals surface area contributed by atoms with Crippen molar-refractivity contribution >= 4 is 0 Å². The van der Waals surface area contributed by atoms with Crippen molar-refractivity contribution in [3.63, 3.8) is 0 Å². The molecule has 0 N–H and O–H groups in total. The van der Waals surface area contributed by atoms with E-state index in [0.29, 0.717) is 0 Å². The van der Waals surface area contributed by atoms with Crippen molar-refractivity contribution in [2.45, 2.75) is 25.7 Å². The van der Waals surface area contributed by atoms with Crippen LogP contribution >= 0.6 is 0 Å². The average Bonchev–Trinajstić information content (AvgIpc) is 3.50. The fourth-order valence-electron chi connectivity index (χ4n) is 6.20. The van der Waals surface area contributed by atoms with Crippen LogP contribution in [0.1, 0.15) is 38.9 Å². The van der Waals surface area contributed by atoms with Gasteiger partial charge in [-0.25, -0.2) is 0 Å². The monoisotopic (exact) mass is 424 g/mol. The first-order chi connectivity index (χ1) is 16.2. The van der Waals surface area contributed by atoms with Gasteiger partial charge in [0.2, 0.25) is 0 Å². The summed E-state index contributed by atoms with van der Waals surface area (Å²) >= 11 is 0. The molecule has 0 spiro atoms. The largest absolute Gasteiger partial charge is 0.0761 e. The highest BCUT2D eigenvalue weighted by Crippen LogP contribution is 2.53. The number of allylic oxidation sites excluding steroid dienone is 4. The molecular formula is C33H28. The standard InChI is InChI=1S/C33H28/c1-23-17-19-29-25(21-23)22-31-30(29)20-18-24(2)32(31)33(28-15-9-10-16-28,26-11-5-3-6-12-26)27-13-7-4-8-14-27/h3-21,28H,22H2,1-2H3. The van der Waals surface area contributed by atoms with Gasteiger partial charge in [0.25, 0.3) is 0 Å². The summed E-state index contributed by atoms with van der Waals surface area (Å²) in [7, 11) is 0. The van der Waals surface area contributed by atoms with E-state index in [-0.39, 0.29) is 11.3 Å². The van der Waals surface area contributed by atoms with E-state index in [2.05, 4.69) is 129 Å². The third-order valence-electron chi connectivity index (χ3n) is 7.54. The number of aryl methyl sites for hydroxylation is 2. The second kappa shape index (κ2) is 7.74. The minimum atomic E-state index is -0.293. The average molecular weight is 425 g/mol. The molecule has 6 rings (SSSR count). The van der Waals surface area contributed by atoms with Gasteiger partial charge in [0.15, 0.2) is 0 Å². The topological polar surface area (TPSA) is 0 Å². The number of hydrogen-bond donors (Lipinski definition) is 0. The summed E-state index contributed by atoms with van der Waals surface area (Å²) in [5.41, 5.74) is 12.3. The normalized spacial score (nSPS) is 14.5. The van der Waals surface area contributed by atoms with Crippen LogP contribution in [0.5, 0.6) is 0 Å². The van der Waals surface area contributed by atoms with Crippen molar-refractivity contribution in [3.8, 4) is 11.1 Å². The molecule has 0 radical (unpaired) electrons. The Labute approximate surface area is 196 Å². The van der Waals surface area contributed by atoms with Crippen molar-refractivity contribution in [3.05, 3.63) is 154 Å². The van der Waals surface area contributed by atoms with Crippen LogP contribution in [0, 0.1) is 19.8 Å². The SMILES string of the molecule is Cc1ccc2c(c1)Cc1c-2ccc(C)c1C(c1ccccc1)(c1ccccc1)C1C=CC=C1. The summed E-state index contributed by atoms with van der Waals surface area (Å²) < 4.78 is 0. The molecule has 0 heteroatoms. The third-order valence-corrected chi connectivity index (χ3v) is 7.54. The zero-order valence-electron chi connectivity index (χ0n) is 19.3. The molecule has 0 saturated heterocycles. The highest BCUT2D eigenvalue weighted by atomic mass is 14.5. The predicted molar refractivity (Wildman–Crippen MR) is 139 cm³/mol. The van der Waals surface area contributed by atoms with E-state index >= 15 is 0 Å². The van der Waals surface area contributed by atoms with Crippen molar-refractivity contribution in [2.75, 3.05) is 0 Å². The predicted octanol–water partition coefficient (Wildman–Crippen LogP) is 7.95. The highest BCUT2D eigenvalue weighted by molar-refractivity contribution is 5.80. The molecule has 0 fully saturated rings. The van der Waals surface area contributed by atoms with Crippen molar-refractivity contribution in [2.24, 2.45) is 5.92 Å². The van der Waals surface area contributed by atoms with E-state index in [4.69, 9.17) is 0 Å². The smallest absolute Gasteiger partial charge is 0.0554 e. The zero-order chi connectivity index (χ0) is 22.4. The fraction of sp³-hybridized carbons (Fsp3) is 0.152. The number of fused-ring (bicyclic) bond motifs is 3. The van der Waals surface area contributed by atoms with Crippen molar-refractivity contribution in [1.82, 2.24) is 0 Å². The Balaban J connectivity index is 1.73. The first-order valence-corrected chi connectivity index (χ1v) is 11.9. The quantitative estimate of drug-likeness (QED) is 0.257. The Hall–Kier alpha value is -3.64. The molecule has 0 nitrogen and oxygen atoms in total. The van der Waals surface area contributed by atoms with Gasteiger partial charge in [-0.15, -0.1) is 0 Å². The van der Waals surface area contributed by atoms with Crippen LogP contribution in [0.4, 0.5) is 0 Å². The van der Waals surface area contributed by atoms with Crippen molar-refractivity contribution in [1.29, 1.82) is 0 Å². The van der Waals surface area contributed by atoms with Gasteiger partial charge in [0.05, 0.1) is 5.41 Å². The van der Waals surface area contributed by atoms with E-state index < -0.39 is 0 Å². The van der Waals surface area contributed by atoms with Gasteiger partial charge in [-0.2, -0.15) is 0 Å². The van der Waals surface area contributed by atoms with E-state index in [0.717, 1.165) is 6.42 Å². The fourth-order valence-corrected chi connectivity index (χ4v) is 6.20. The number of hydrogen-bond acceptors (Lipinski definition) is 0. The Morgan fingerprint density at radius 1 is 0.667 bits per heavy atom. The summed E-state index contributed by atoms with van der Waals surface area (Å²) in [5, 5.41) is 0. The van der Waals surface area contributed by atoms with Crippen LogP contribution in [0.15, 0.2) is 115 Å². The highest BCUT2D eigenvalue weighted by Gasteiger charge is 2.45. The second-order valence-corrected chi connectivity index (χ2v) is 9.46.